The Balaban J connectivity index is 1.58. The Morgan fingerprint density at radius 3 is 2.06 bits per heavy atom. The second-order valence-electron chi connectivity index (χ2n) is 8.25. The summed E-state index contributed by atoms with van der Waals surface area (Å²) in [5, 5.41) is 1.25. The number of hydrogen-bond acceptors (Lipinski definition) is 4. The zero-order valence-corrected chi connectivity index (χ0v) is 18.1. The van der Waals surface area contributed by atoms with Crippen LogP contribution in [0.5, 0.6) is 0 Å². The standard InChI is InChI=1S/C24H28N4O3/c1-25(2)22(29)16-26-12-7-13-27(15-14-26)23(30)17-28-20-10-5-3-8-18(20)24(31)19-9-4-6-11-21(19)28/h3-6,8-11H,7,12-17H2,1-2H3. The fourth-order valence-electron chi connectivity index (χ4n) is 4.19. The number of rotatable bonds is 4. The predicted molar refractivity (Wildman–Crippen MR) is 122 cm³/mol. The van der Waals surface area contributed by atoms with Gasteiger partial charge in [0.05, 0.1) is 17.6 Å². The highest BCUT2D eigenvalue weighted by molar-refractivity contribution is 5.94. The average Bonchev–Trinajstić information content (AvgIpc) is 3.02. The maximum Gasteiger partial charge on any atom is 0.242 e. The summed E-state index contributed by atoms with van der Waals surface area (Å²) >= 11 is 0. The number of hydrogen-bond donors (Lipinski definition) is 0. The monoisotopic (exact) mass is 420 g/mol. The molecule has 0 N–H and O–H groups in total. The molecular formula is C24H28N4O3. The van der Waals surface area contributed by atoms with Crippen molar-refractivity contribution in [1.82, 2.24) is 19.3 Å². The number of nitrogens with zero attached hydrogens (tertiary/aromatic N) is 4. The molecule has 31 heavy (non-hydrogen) atoms. The summed E-state index contributed by atoms with van der Waals surface area (Å²) in [5.41, 5.74) is 1.53. The van der Waals surface area contributed by atoms with Crippen molar-refractivity contribution >= 4 is 33.6 Å². The van der Waals surface area contributed by atoms with Crippen LogP contribution in [0.2, 0.25) is 0 Å². The molecule has 0 radical (unpaired) electrons. The third kappa shape index (κ3) is 4.32. The largest absolute Gasteiger partial charge is 0.348 e. The molecule has 0 spiro atoms. The van der Waals surface area contributed by atoms with Gasteiger partial charge in [-0.05, 0) is 30.7 Å². The molecule has 0 aliphatic carbocycles. The first-order valence-electron chi connectivity index (χ1n) is 10.7. The van der Waals surface area contributed by atoms with Gasteiger partial charge in [-0.3, -0.25) is 19.3 Å². The molecule has 0 unspecified atom stereocenters. The van der Waals surface area contributed by atoms with Crippen LogP contribution in [0, 0.1) is 0 Å². The molecule has 162 valence electrons. The molecule has 1 aromatic heterocycles. The highest BCUT2D eigenvalue weighted by atomic mass is 16.2. The van der Waals surface area contributed by atoms with Crippen molar-refractivity contribution in [3.05, 3.63) is 58.8 Å². The molecule has 0 atom stereocenters. The van der Waals surface area contributed by atoms with E-state index in [1.165, 1.54) is 0 Å². The van der Waals surface area contributed by atoms with E-state index in [1.807, 2.05) is 58.0 Å². The van der Waals surface area contributed by atoms with Gasteiger partial charge in [-0.1, -0.05) is 24.3 Å². The maximum atomic E-state index is 13.3. The SMILES string of the molecule is CN(C)C(=O)CN1CCCN(C(=O)Cn2c3ccccc3c(=O)c3ccccc32)CC1. The zero-order valence-electron chi connectivity index (χ0n) is 18.1. The van der Waals surface area contributed by atoms with Crippen molar-refractivity contribution in [3.63, 3.8) is 0 Å². The molecule has 2 heterocycles. The van der Waals surface area contributed by atoms with Crippen LogP contribution in [0.1, 0.15) is 6.42 Å². The van der Waals surface area contributed by atoms with Crippen LogP contribution in [-0.2, 0) is 16.1 Å². The van der Waals surface area contributed by atoms with Gasteiger partial charge in [-0.15, -0.1) is 0 Å². The number of carbonyl (C=O) groups is 2. The lowest BCUT2D eigenvalue weighted by Gasteiger charge is -2.24. The lowest BCUT2D eigenvalue weighted by molar-refractivity contribution is -0.131. The van der Waals surface area contributed by atoms with Crippen LogP contribution < -0.4 is 5.43 Å². The minimum atomic E-state index is -0.00845. The molecule has 1 fully saturated rings. The third-order valence-electron chi connectivity index (χ3n) is 5.97. The van der Waals surface area contributed by atoms with Crippen molar-refractivity contribution in [2.45, 2.75) is 13.0 Å². The molecular weight excluding hydrogens is 392 g/mol. The first-order valence-corrected chi connectivity index (χ1v) is 10.7. The quantitative estimate of drug-likeness (QED) is 0.604. The molecule has 4 rings (SSSR count). The first-order chi connectivity index (χ1) is 15.0. The van der Waals surface area contributed by atoms with Gasteiger partial charge >= 0.3 is 0 Å². The Labute approximate surface area is 181 Å². The minimum Gasteiger partial charge on any atom is -0.348 e. The number of likely N-dealkylation sites (N-methyl/N-ethyl adjacent to an activating group) is 1. The molecule has 0 bridgehead atoms. The molecule has 1 saturated heterocycles. The molecule has 7 heteroatoms. The van der Waals surface area contributed by atoms with Gasteiger partial charge in [-0.2, -0.15) is 0 Å². The molecule has 2 aromatic carbocycles. The van der Waals surface area contributed by atoms with Crippen LogP contribution in [0.4, 0.5) is 0 Å². The van der Waals surface area contributed by atoms with Gasteiger partial charge in [0, 0.05) is 51.0 Å². The molecule has 7 nitrogen and oxygen atoms in total. The normalized spacial score (nSPS) is 15.2. The van der Waals surface area contributed by atoms with Crippen LogP contribution in [0.25, 0.3) is 21.8 Å². The van der Waals surface area contributed by atoms with Gasteiger partial charge < -0.3 is 14.4 Å². The number of aromatic nitrogens is 1. The smallest absolute Gasteiger partial charge is 0.242 e. The lowest BCUT2D eigenvalue weighted by atomic mass is 10.1. The number of para-hydroxylation sites is 2. The number of fused-ring (bicyclic) bond motifs is 2. The summed E-state index contributed by atoms with van der Waals surface area (Å²) in [4.78, 5) is 43.8. The van der Waals surface area contributed by atoms with E-state index >= 15 is 0 Å². The van der Waals surface area contributed by atoms with Crippen LogP contribution >= 0.6 is 0 Å². The summed E-state index contributed by atoms with van der Waals surface area (Å²) in [6.07, 6.45) is 0.831. The predicted octanol–water partition coefficient (Wildman–Crippen LogP) is 1.78. The lowest BCUT2D eigenvalue weighted by Crippen LogP contribution is -2.40. The Morgan fingerprint density at radius 2 is 1.45 bits per heavy atom. The van der Waals surface area contributed by atoms with E-state index in [0.29, 0.717) is 37.0 Å². The molecule has 0 saturated carbocycles. The van der Waals surface area contributed by atoms with E-state index in [9.17, 15) is 14.4 Å². The Kier molecular flexibility index (Phi) is 6.04. The van der Waals surface area contributed by atoms with Gasteiger partial charge in [-0.25, -0.2) is 0 Å². The number of pyridine rings is 1. The molecule has 1 aliphatic heterocycles. The zero-order chi connectivity index (χ0) is 22.0. The van der Waals surface area contributed by atoms with Gasteiger partial charge in [0.15, 0.2) is 5.43 Å². The molecule has 2 amide bonds. The fraction of sp³-hybridized carbons (Fsp3) is 0.375. The third-order valence-corrected chi connectivity index (χ3v) is 5.97. The van der Waals surface area contributed by atoms with Crippen molar-refractivity contribution in [2.75, 3.05) is 46.8 Å². The highest BCUT2D eigenvalue weighted by Gasteiger charge is 2.22. The summed E-state index contributed by atoms with van der Waals surface area (Å²) in [6, 6.07) is 14.9. The number of amides is 2. The number of carbonyl (C=O) groups excluding carboxylic acids is 2. The van der Waals surface area contributed by atoms with E-state index in [0.717, 1.165) is 24.0 Å². The Bertz CT molecular complexity index is 1120. The van der Waals surface area contributed by atoms with Crippen molar-refractivity contribution in [3.8, 4) is 0 Å². The second-order valence-corrected chi connectivity index (χ2v) is 8.25. The molecule has 1 aliphatic rings. The van der Waals surface area contributed by atoms with Crippen LogP contribution in [-0.4, -0.2) is 77.9 Å². The van der Waals surface area contributed by atoms with E-state index < -0.39 is 0 Å². The maximum absolute atomic E-state index is 13.3. The van der Waals surface area contributed by atoms with Crippen molar-refractivity contribution in [2.24, 2.45) is 0 Å². The van der Waals surface area contributed by atoms with E-state index in [4.69, 9.17) is 0 Å². The summed E-state index contributed by atoms with van der Waals surface area (Å²) in [5.74, 6) is 0.103. The van der Waals surface area contributed by atoms with Crippen LogP contribution in [0.15, 0.2) is 53.3 Å². The van der Waals surface area contributed by atoms with Gasteiger partial charge in [0.2, 0.25) is 11.8 Å². The summed E-state index contributed by atoms with van der Waals surface area (Å²) in [6.45, 7) is 3.29. The summed E-state index contributed by atoms with van der Waals surface area (Å²) in [7, 11) is 3.52. The van der Waals surface area contributed by atoms with Crippen molar-refractivity contribution in [1.29, 1.82) is 0 Å². The minimum absolute atomic E-state index is 0.00845. The number of benzene rings is 2. The van der Waals surface area contributed by atoms with Crippen LogP contribution in [0.3, 0.4) is 0 Å². The van der Waals surface area contributed by atoms with Gasteiger partial charge in [0.25, 0.3) is 0 Å². The fourth-order valence-corrected chi connectivity index (χ4v) is 4.19. The average molecular weight is 421 g/mol. The van der Waals surface area contributed by atoms with E-state index in [1.54, 1.807) is 19.0 Å². The topological polar surface area (TPSA) is 65.9 Å². The van der Waals surface area contributed by atoms with Crippen molar-refractivity contribution < 1.29 is 9.59 Å². The Morgan fingerprint density at radius 1 is 0.839 bits per heavy atom. The first kappa shape index (κ1) is 21.1. The van der Waals surface area contributed by atoms with E-state index in [2.05, 4.69) is 4.90 Å². The molecule has 3 aromatic rings. The second kappa shape index (κ2) is 8.89. The Hall–Kier alpha value is -3.19. The summed E-state index contributed by atoms with van der Waals surface area (Å²) < 4.78 is 1.95. The van der Waals surface area contributed by atoms with Gasteiger partial charge in [0.1, 0.15) is 6.54 Å². The highest BCUT2D eigenvalue weighted by Crippen LogP contribution is 2.19. The van der Waals surface area contributed by atoms with E-state index in [-0.39, 0.29) is 23.8 Å².